The van der Waals surface area contributed by atoms with E-state index in [1.807, 2.05) is 43.3 Å². The Bertz CT molecular complexity index is 977. The largest absolute Gasteiger partial charge is 0.455 e. The highest BCUT2D eigenvalue weighted by Gasteiger charge is 2.18. The Morgan fingerprint density at radius 3 is 2.52 bits per heavy atom. The third kappa shape index (κ3) is 4.23. The fourth-order valence-corrected chi connectivity index (χ4v) is 2.66. The van der Waals surface area contributed by atoms with Crippen molar-refractivity contribution in [3.63, 3.8) is 0 Å². The lowest BCUT2D eigenvalue weighted by Crippen LogP contribution is -2.14. The number of hydrogen-bond donors (Lipinski definition) is 1. The minimum atomic E-state index is -0.536. The first-order chi connectivity index (χ1) is 13.0. The van der Waals surface area contributed by atoms with Crippen LogP contribution in [-0.4, -0.2) is 16.9 Å². The molecular weight excluding hydrogens is 344 g/mol. The van der Waals surface area contributed by atoms with Crippen LogP contribution in [0.3, 0.4) is 0 Å². The number of aromatic nitrogens is 1. The van der Waals surface area contributed by atoms with E-state index >= 15 is 0 Å². The number of carbonyl (C=O) groups is 2. The molecule has 138 valence electrons. The molecule has 0 aliphatic carbocycles. The third-order valence-corrected chi connectivity index (χ3v) is 4.05. The van der Waals surface area contributed by atoms with Gasteiger partial charge in [0.15, 0.2) is 0 Å². The second-order valence-corrected chi connectivity index (χ2v) is 6.14. The number of benzene rings is 2. The molecule has 0 radical (unpaired) electrons. The van der Waals surface area contributed by atoms with E-state index in [1.165, 1.54) is 6.92 Å². The summed E-state index contributed by atoms with van der Waals surface area (Å²) in [6, 6.07) is 14.7. The summed E-state index contributed by atoms with van der Waals surface area (Å²) in [7, 11) is 0. The van der Waals surface area contributed by atoms with Crippen molar-refractivity contribution in [2.24, 2.45) is 0 Å². The maximum atomic E-state index is 12.5. The van der Waals surface area contributed by atoms with E-state index in [9.17, 15) is 9.59 Å². The van der Waals surface area contributed by atoms with Gasteiger partial charge < -0.3 is 14.5 Å². The normalized spacial score (nSPS) is 10.5. The summed E-state index contributed by atoms with van der Waals surface area (Å²) >= 11 is 0. The van der Waals surface area contributed by atoms with Crippen LogP contribution >= 0.6 is 0 Å². The highest BCUT2D eigenvalue weighted by atomic mass is 16.5. The number of carbonyl (C=O) groups excluding carboxylic acids is 2. The van der Waals surface area contributed by atoms with Crippen LogP contribution in [0.15, 0.2) is 52.9 Å². The Morgan fingerprint density at radius 2 is 1.81 bits per heavy atom. The average molecular weight is 364 g/mol. The smallest absolute Gasteiger partial charge is 0.340 e. The minimum absolute atomic E-state index is 0.0194. The number of amides is 1. The molecule has 0 saturated carbocycles. The molecule has 6 nitrogen and oxygen atoms in total. The summed E-state index contributed by atoms with van der Waals surface area (Å²) in [5.74, 6) is 0.283. The van der Waals surface area contributed by atoms with Gasteiger partial charge in [-0.1, -0.05) is 30.3 Å². The first-order valence-electron chi connectivity index (χ1n) is 8.51. The molecular formula is C21H20N2O4. The van der Waals surface area contributed by atoms with Gasteiger partial charge in [0.1, 0.15) is 18.1 Å². The number of rotatable bonds is 5. The lowest BCUT2D eigenvalue weighted by molar-refractivity contribution is -0.114. The SMILES string of the molecule is CC(=O)Nc1c(C)cccc1C(=O)OCc1nc(-c2ccccc2)oc1C. The zero-order valence-electron chi connectivity index (χ0n) is 15.4. The molecule has 1 heterocycles. The summed E-state index contributed by atoms with van der Waals surface area (Å²) < 4.78 is 11.1. The van der Waals surface area contributed by atoms with E-state index in [0.717, 1.165) is 11.1 Å². The van der Waals surface area contributed by atoms with Crippen LogP contribution < -0.4 is 5.32 Å². The highest BCUT2D eigenvalue weighted by molar-refractivity contribution is 6.01. The van der Waals surface area contributed by atoms with Gasteiger partial charge in [-0.25, -0.2) is 9.78 Å². The molecule has 1 aromatic heterocycles. The third-order valence-electron chi connectivity index (χ3n) is 4.05. The van der Waals surface area contributed by atoms with Gasteiger partial charge >= 0.3 is 5.97 Å². The van der Waals surface area contributed by atoms with Crippen LogP contribution in [0.25, 0.3) is 11.5 Å². The minimum Gasteiger partial charge on any atom is -0.455 e. The zero-order valence-corrected chi connectivity index (χ0v) is 15.4. The molecule has 0 bridgehead atoms. The number of aryl methyl sites for hydroxylation is 2. The van der Waals surface area contributed by atoms with Gasteiger partial charge in [0.25, 0.3) is 0 Å². The van der Waals surface area contributed by atoms with Crippen LogP contribution in [0.2, 0.25) is 0 Å². The fraction of sp³-hybridized carbons (Fsp3) is 0.190. The summed E-state index contributed by atoms with van der Waals surface area (Å²) in [5, 5.41) is 2.68. The van der Waals surface area contributed by atoms with Gasteiger partial charge in [-0.3, -0.25) is 4.79 Å². The molecule has 27 heavy (non-hydrogen) atoms. The monoisotopic (exact) mass is 364 g/mol. The van der Waals surface area contributed by atoms with Crippen molar-refractivity contribution in [1.29, 1.82) is 0 Å². The number of nitrogens with one attached hydrogen (secondary N) is 1. The summed E-state index contributed by atoms with van der Waals surface area (Å²) in [6.07, 6.45) is 0. The molecule has 1 amide bonds. The second-order valence-electron chi connectivity index (χ2n) is 6.14. The van der Waals surface area contributed by atoms with E-state index in [2.05, 4.69) is 10.3 Å². The molecule has 1 N–H and O–H groups in total. The summed E-state index contributed by atoms with van der Waals surface area (Å²) in [5.41, 5.74) is 2.94. The van der Waals surface area contributed by atoms with Crippen molar-refractivity contribution in [2.75, 3.05) is 5.32 Å². The van der Waals surface area contributed by atoms with Gasteiger partial charge in [-0.15, -0.1) is 0 Å². The highest BCUT2D eigenvalue weighted by Crippen LogP contribution is 2.24. The quantitative estimate of drug-likeness (QED) is 0.684. The Labute approximate surface area is 157 Å². The van der Waals surface area contributed by atoms with Crippen molar-refractivity contribution in [3.05, 3.63) is 71.1 Å². The molecule has 2 aromatic carbocycles. The van der Waals surface area contributed by atoms with Gasteiger partial charge in [-0.05, 0) is 37.6 Å². The maximum Gasteiger partial charge on any atom is 0.340 e. The zero-order chi connectivity index (χ0) is 19.4. The molecule has 6 heteroatoms. The van der Waals surface area contributed by atoms with Crippen molar-refractivity contribution >= 4 is 17.6 Å². The molecule has 0 aliphatic rings. The summed E-state index contributed by atoms with van der Waals surface area (Å²) in [6.45, 7) is 4.97. The second kappa shape index (κ2) is 7.86. The van der Waals surface area contributed by atoms with Crippen LogP contribution in [-0.2, 0) is 16.1 Å². The van der Waals surface area contributed by atoms with E-state index in [1.54, 1.807) is 19.1 Å². The molecule has 0 saturated heterocycles. The number of para-hydroxylation sites is 1. The number of oxazole rings is 1. The predicted molar refractivity (Wildman–Crippen MR) is 101 cm³/mol. The lowest BCUT2D eigenvalue weighted by atomic mass is 10.1. The Balaban J connectivity index is 1.76. The average Bonchev–Trinajstić information content (AvgIpc) is 3.02. The molecule has 0 spiro atoms. The van der Waals surface area contributed by atoms with Crippen LogP contribution in [0.4, 0.5) is 5.69 Å². The van der Waals surface area contributed by atoms with Gasteiger partial charge in [0.05, 0.1) is 11.3 Å². The standard InChI is InChI=1S/C21H20N2O4/c1-13-8-7-11-17(19(13)22-15(3)24)21(25)26-12-18-14(2)27-20(23-18)16-9-5-4-6-10-16/h4-11H,12H2,1-3H3,(H,22,24). The van der Waals surface area contributed by atoms with E-state index < -0.39 is 5.97 Å². The van der Waals surface area contributed by atoms with Crippen molar-refractivity contribution in [1.82, 2.24) is 4.98 Å². The maximum absolute atomic E-state index is 12.5. The number of hydrogen-bond acceptors (Lipinski definition) is 5. The number of anilines is 1. The van der Waals surface area contributed by atoms with Crippen LogP contribution in [0, 0.1) is 13.8 Å². The number of nitrogens with zero attached hydrogens (tertiary/aromatic N) is 1. The molecule has 0 fully saturated rings. The van der Waals surface area contributed by atoms with Gasteiger partial charge in [0, 0.05) is 12.5 Å². The Hall–Kier alpha value is -3.41. The predicted octanol–water partition coefficient (Wildman–Crippen LogP) is 4.27. The lowest BCUT2D eigenvalue weighted by Gasteiger charge is -2.12. The number of ether oxygens (including phenoxy) is 1. The van der Waals surface area contributed by atoms with Crippen molar-refractivity contribution in [3.8, 4) is 11.5 Å². The molecule has 3 rings (SSSR count). The van der Waals surface area contributed by atoms with Crippen molar-refractivity contribution in [2.45, 2.75) is 27.4 Å². The van der Waals surface area contributed by atoms with Gasteiger partial charge in [-0.2, -0.15) is 0 Å². The first kappa shape index (κ1) is 18.4. The topological polar surface area (TPSA) is 81.4 Å². The fourth-order valence-electron chi connectivity index (χ4n) is 2.66. The van der Waals surface area contributed by atoms with Crippen LogP contribution in [0.1, 0.15) is 34.3 Å². The van der Waals surface area contributed by atoms with E-state index in [0.29, 0.717) is 28.6 Å². The molecule has 0 unspecified atom stereocenters. The molecule has 3 aromatic rings. The van der Waals surface area contributed by atoms with E-state index in [4.69, 9.17) is 9.15 Å². The summed E-state index contributed by atoms with van der Waals surface area (Å²) in [4.78, 5) is 28.4. The Kier molecular flexibility index (Phi) is 5.35. The van der Waals surface area contributed by atoms with Crippen molar-refractivity contribution < 1.29 is 18.7 Å². The Morgan fingerprint density at radius 1 is 1.07 bits per heavy atom. The van der Waals surface area contributed by atoms with E-state index in [-0.39, 0.29) is 12.5 Å². The molecule has 0 aliphatic heterocycles. The van der Waals surface area contributed by atoms with Gasteiger partial charge in [0.2, 0.25) is 11.8 Å². The van der Waals surface area contributed by atoms with Crippen LogP contribution in [0.5, 0.6) is 0 Å². The molecule has 0 atom stereocenters. The first-order valence-corrected chi connectivity index (χ1v) is 8.51. The number of esters is 1.